The molecule has 19 heavy (non-hydrogen) atoms. The second-order valence-corrected chi connectivity index (χ2v) is 5.32. The molecule has 0 saturated heterocycles. The van der Waals surface area contributed by atoms with Gasteiger partial charge >= 0.3 is 5.97 Å². The number of carboxylic acids is 1. The van der Waals surface area contributed by atoms with E-state index in [4.69, 9.17) is 5.11 Å². The van der Waals surface area contributed by atoms with Crippen molar-refractivity contribution in [2.45, 2.75) is 19.8 Å². The second kappa shape index (κ2) is 7.42. The molecular weight excluding hydrogens is 364 g/mol. The van der Waals surface area contributed by atoms with Crippen molar-refractivity contribution in [1.29, 1.82) is 0 Å². The molecule has 0 saturated carbocycles. The van der Waals surface area contributed by atoms with Gasteiger partial charge in [0, 0.05) is 10.1 Å². The lowest BCUT2D eigenvalue weighted by Gasteiger charge is -2.13. The molecule has 4 nitrogen and oxygen atoms in total. The van der Waals surface area contributed by atoms with Crippen LogP contribution in [0.4, 0.5) is 4.39 Å². The molecule has 0 spiro atoms. The quantitative estimate of drug-likeness (QED) is 0.747. The SMILES string of the molecule is CCCC(CNC(=O)c1ccc(F)cc1I)C(=O)O. The normalized spacial score (nSPS) is 11.9. The van der Waals surface area contributed by atoms with Gasteiger partial charge in [-0.05, 0) is 47.2 Å². The third-order valence-corrected chi connectivity index (χ3v) is 3.56. The predicted molar refractivity (Wildman–Crippen MR) is 77.5 cm³/mol. The molecule has 1 amide bonds. The summed E-state index contributed by atoms with van der Waals surface area (Å²) in [5, 5.41) is 11.6. The molecule has 0 aliphatic carbocycles. The minimum Gasteiger partial charge on any atom is -0.481 e. The molecule has 1 aromatic rings. The van der Waals surface area contributed by atoms with E-state index in [2.05, 4.69) is 5.32 Å². The molecular formula is C13H15FINO3. The molecule has 2 N–H and O–H groups in total. The van der Waals surface area contributed by atoms with Gasteiger partial charge in [0.2, 0.25) is 0 Å². The molecule has 0 fully saturated rings. The van der Waals surface area contributed by atoms with Gasteiger partial charge in [-0.2, -0.15) is 0 Å². The highest BCUT2D eigenvalue weighted by atomic mass is 127. The molecule has 1 atom stereocenters. The van der Waals surface area contributed by atoms with E-state index in [0.29, 0.717) is 15.6 Å². The maximum absolute atomic E-state index is 12.9. The summed E-state index contributed by atoms with van der Waals surface area (Å²) in [6, 6.07) is 3.86. The van der Waals surface area contributed by atoms with Gasteiger partial charge in [0.05, 0.1) is 11.5 Å². The third kappa shape index (κ3) is 4.77. The first kappa shape index (κ1) is 15.9. The minimum atomic E-state index is -0.920. The van der Waals surface area contributed by atoms with Gasteiger partial charge in [0.25, 0.3) is 5.91 Å². The number of carbonyl (C=O) groups is 2. The topological polar surface area (TPSA) is 66.4 Å². The van der Waals surface area contributed by atoms with E-state index in [1.54, 1.807) is 0 Å². The lowest BCUT2D eigenvalue weighted by molar-refractivity contribution is -0.141. The van der Waals surface area contributed by atoms with Crippen LogP contribution in [0.5, 0.6) is 0 Å². The van der Waals surface area contributed by atoms with Crippen molar-refractivity contribution in [2.24, 2.45) is 5.92 Å². The van der Waals surface area contributed by atoms with Crippen LogP contribution < -0.4 is 5.32 Å². The summed E-state index contributed by atoms with van der Waals surface area (Å²) in [6.45, 7) is 1.97. The number of rotatable bonds is 6. The Balaban J connectivity index is 2.66. The van der Waals surface area contributed by atoms with Gasteiger partial charge in [0.15, 0.2) is 0 Å². The third-order valence-electron chi connectivity index (χ3n) is 2.67. The summed E-state index contributed by atoms with van der Waals surface area (Å²) >= 11 is 1.87. The van der Waals surface area contributed by atoms with Crippen LogP contribution in [0, 0.1) is 15.3 Å². The fourth-order valence-electron chi connectivity index (χ4n) is 1.65. The lowest BCUT2D eigenvalue weighted by atomic mass is 10.0. The van der Waals surface area contributed by atoms with E-state index >= 15 is 0 Å². The fourth-order valence-corrected chi connectivity index (χ4v) is 2.37. The summed E-state index contributed by atoms with van der Waals surface area (Å²) in [4.78, 5) is 22.8. The fraction of sp³-hybridized carbons (Fsp3) is 0.385. The summed E-state index contributed by atoms with van der Waals surface area (Å²) in [5.41, 5.74) is 0.350. The maximum Gasteiger partial charge on any atom is 0.308 e. The zero-order chi connectivity index (χ0) is 14.4. The molecule has 6 heteroatoms. The van der Waals surface area contributed by atoms with Crippen molar-refractivity contribution in [3.63, 3.8) is 0 Å². The number of amides is 1. The molecule has 0 radical (unpaired) electrons. The number of carboxylic acid groups (broad SMARTS) is 1. The van der Waals surface area contributed by atoms with Crippen LogP contribution in [0.15, 0.2) is 18.2 Å². The number of halogens is 2. The summed E-state index contributed by atoms with van der Waals surface area (Å²) in [5.74, 6) is -2.30. The zero-order valence-electron chi connectivity index (χ0n) is 10.5. The Morgan fingerprint density at radius 3 is 2.68 bits per heavy atom. The first-order valence-electron chi connectivity index (χ1n) is 5.91. The van der Waals surface area contributed by atoms with E-state index in [-0.39, 0.29) is 12.5 Å². The van der Waals surface area contributed by atoms with E-state index < -0.39 is 17.7 Å². The minimum absolute atomic E-state index is 0.0788. The maximum atomic E-state index is 12.9. The summed E-state index contributed by atoms with van der Waals surface area (Å²) in [6.07, 6.45) is 1.25. The van der Waals surface area contributed by atoms with Crippen LogP contribution in [-0.4, -0.2) is 23.5 Å². The Hall–Kier alpha value is -1.18. The van der Waals surface area contributed by atoms with E-state index in [1.807, 2.05) is 29.5 Å². The molecule has 104 valence electrons. The highest BCUT2D eigenvalue weighted by Crippen LogP contribution is 2.14. The van der Waals surface area contributed by atoms with Crippen molar-refractivity contribution in [3.8, 4) is 0 Å². The van der Waals surface area contributed by atoms with E-state index in [1.165, 1.54) is 18.2 Å². The molecule has 1 unspecified atom stereocenters. The monoisotopic (exact) mass is 379 g/mol. The molecule has 1 aromatic carbocycles. The molecule has 0 heterocycles. The average Bonchev–Trinajstić information content (AvgIpc) is 2.33. The summed E-state index contributed by atoms with van der Waals surface area (Å²) in [7, 11) is 0. The van der Waals surface area contributed by atoms with Gasteiger partial charge in [-0.3, -0.25) is 9.59 Å². The van der Waals surface area contributed by atoms with Gasteiger partial charge < -0.3 is 10.4 Å². The molecule has 0 bridgehead atoms. The van der Waals surface area contributed by atoms with Gasteiger partial charge in [-0.1, -0.05) is 13.3 Å². The van der Waals surface area contributed by atoms with Gasteiger partial charge in [-0.15, -0.1) is 0 Å². The van der Waals surface area contributed by atoms with Crippen LogP contribution in [0.3, 0.4) is 0 Å². The van der Waals surface area contributed by atoms with Crippen molar-refractivity contribution < 1.29 is 19.1 Å². The van der Waals surface area contributed by atoms with Crippen molar-refractivity contribution in [2.75, 3.05) is 6.54 Å². The van der Waals surface area contributed by atoms with Gasteiger partial charge in [0.1, 0.15) is 5.82 Å². The van der Waals surface area contributed by atoms with Crippen LogP contribution in [0.2, 0.25) is 0 Å². The Bertz CT molecular complexity index is 479. The molecule has 0 aliphatic rings. The number of carbonyl (C=O) groups excluding carboxylic acids is 1. The zero-order valence-corrected chi connectivity index (χ0v) is 12.6. The summed E-state index contributed by atoms with van der Waals surface area (Å²) < 4.78 is 13.4. The van der Waals surface area contributed by atoms with Crippen LogP contribution in [0.1, 0.15) is 30.1 Å². The average molecular weight is 379 g/mol. The van der Waals surface area contributed by atoms with Gasteiger partial charge in [-0.25, -0.2) is 4.39 Å². The highest BCUT2D eigenvalue weighted by Gasteiger charge is 2.18. The molecule has 0 aromatic heterocycles. The second-order valence-electron chi connectivity index (χ2n) is 4.16. The van der Waals surface area contributed by atoms with Crippen molar-refractivity contribution >= 4 is 34.5 Å². The Morgan fingerprint density at radius 1 is 1.47 bits per heavy atom. The van der Waals surface area contributed by atoms with E-state index in [9.17, 15) is 14.0 Å². The number of hydrogen-bond donors (Lipinski definition) is 2. The molecule has 1 rings (SSSR count). The predicted octanol–water partition coefficient (Wildman–Crippen LogP) is 2.66. The van der Waals surface area contributed by atoms with Crippen molar-refractivity contribution in [3.05, 3.63) is 33.1 Å². The van der Waals surface area contributed by atoms with Crippen LogP contribution in [-0.2, 0) is 4.79 Å². The van der Waals surface area contributed by atoms with Crippen LogP contribution in [0.25, 0.3) is 0 Å². The number of nitrogens with one attached hydrogen (secondary N) is 1. The standard InChI is InChI=1S/C13H15FINO3/c1-2-3-8(13(18)19)7-16-12(17)10-5-4-9(14)6-11(10)15/h4-6,8H,2-3,7H2,1H3,(H,16,17)(H,18,19). The number of benzene rings is 1. The largest absolute Gasteiger partial charge is 0.481 e. The number of aliphatic carboxylic acids is 1. The first-order valence-corrected chi connectivity index (χ1v) is 6.99. The first-order chi connectivity index (χ1) is 8.95. The highest BCUT2D eigenvalue weighted by molar-refractivity contribution is 14.1. The Labute approximate surface area is 124 Å². The number of hydrogen-bond acceptors (Lipinski definition) is 2. The lowest BCUT2D eigenvalue weighted by Crippen LogP contribution is -2.33. The smallest absolute Gasteiger partial charge is 0.308 e. The Morgan fingerprint density at radius 2 is 2.16 bits per heavy atom. The van der Waals surface area contributed by atoms with E-state index in [0.717, 1.165) is 6.42 Å². The molecule has 0 aliphatic heterocycles. The van der Waals surface area contributed by atoms with Crippen LogP contribution >= 0.6 is 22.6 Å². The van der Waals surface area contributed by atoms with Crippen molar-refractivity contribution in [1.82, 2.24) is 5.32 Å². The Kier molecular flexibility index (Phi) is 6.20.